The summed E-state index contributed by atoms with van der Waals surface area (Å²) in [5.41, 5.74) is 0. The van der Waals surface area contributed by atoms with E-state index >= 15 is 0 Å². The maximum Gasteiger partial charge on any atom is 0.224 e. The summed E-state index contributed by atoms with van der Waals surface area (Å²) in [6, 6.07) is 0. The number of hydrogen-bond donors (Lipinski definition) is 2. The van der Waals surface area contributed by atoms with Gasteiger partial charge in [0.05, 0.1) is 0 Å². The zero-order chi connectivity index (χ0) is 9.68. The quantitative estimate of drug-likeness (QED) is 0.574. The van der Waals surface area contributed by atoms with Crippen LogP contribution in [0.15, 0.2) is 0 Å². The number of aromatic amines is 1. The third kappa shape index (κ3) is 3.50. The van der Waals surface area contributed by atoms with Gasteiger partial charge in [-0.2, -0.15) is 4.98 Å². The zero-order valence-electron chi connectivity index (χ0n) is 7.92. The van der Waals surface area contributed by atoms with Gasteiger partial charge in [-0.1, -0.05) is 13.3 Å². The minimum Gasteiger partial charge on any atom is -0.356 e. The van der Waals surface area contributed by atoms with E-state index in [1.165, 1.54) is 0 Å². The summed E-state index contributed by atoms with van der Waals surface area (Å²) >= 11 is 4.88. The number of hydrogen-bond acceptors (Lipinski definition) is 4. The Morgan fingerprint density at radius 3 is 2.85 bits per heavy atom. The molecule has 1 heterocycles. The predicted molar refractivity (Wildman–Crippen MR) is 55.4 cm³/mol. The third-order valence-electron chi connectivity index (χ3n) is 1.59. The molecular weight excluding hydrogens is 184 g/mol. The smallest absolute Gasteiger partial charge is 0.224 e. The minimum absolute atomic E-state index is 0.384. The molecule has 0 amide bonds. The minimum atomic E-state index is 0.384. The fourth-order valence-corrected chi connectivity index (χ4v) is 1.19. The number of nitrogens with one attached hydrogen (secondary N) is 2. The molecule has 13 heavy (non-hydrogen) atoms. The fraction of sp³-hybridized carbons (Fsp3) is 0.625. The number of aromatic nitrogens is 3. The third-order valence-corrected chi connectivity index (χ3v) is 1.78. The maximum atomic E-state index is 4.88. The summed E-state index contributed by atoms with van der Waals surface area (Å²) in [7, 11) is 0. The highest BCUT2D eigenvalue weighted by molar-refractivity contribution is 7.71. The van der Waals surface area contributed by atoms with Crippen LogP contribution in [0.1, 0.15) is 25.6 Å². The Labute approximate surface area is 82.8 Å². The van der Waals surface area contributed by atoms with E-state index in [4.69, 9.17) is 12.2 Å². The van der Waals surface area contributed by atoms with Crippen LogP contribution in [0.4, 0.5) is 5.95 Å². The lowest BCUT2D eigenvalue weighted by Gasteiger charge is -2.04. The summed E-state index contributed by atoms with van der Waals surface area (Å²) in [4.78, 5) is 11.0. The second kappa shape index (κ2) is 4.91. The summed E-state index contributed by atoms with van der Waals surface area (Å²) in [5.74, 6) is 1.50. The van der Waals surface area contributed by atoms with Crippen LogP contribution in [0.2, 0.25) is 0 Å². The van der Waals surface area contributed by atoms with Crippen molar-refractivity contribution < 1.29 is 0 Å². The van der Waals surface area contributed by atoms with Crippen LogP contribution in [0, 0.1) is 11.7 Å². The average Bonchev–Trinajstić information content (AvgIpc) is 2.03. The predicted octanol–water partition coefficient (Wildman–Crippen LogP) is 2.05. The average molecular weight is 198 g/mol. The molecule has 0 fully saturated rings. The molecule has 1 rings (SSSR count). The van der Waals surface area contributed by atoms with Crippen LogP contribution in [0.3, 0.4) is 0 Å². The van der Waals surface area contributed by atoms with Gasteiger partial charge in [0.15, 0.2) is 0 Å². The number of anilines is 1. The lowest BCUT2D eigenvalue weighted by Crippen LogP contribution is -2.06. The van der Waals surface area contributed by atoms with Crippen molar-refractivity contribution in [3.05, 3.63) is 10.6 Å². The molecule has 0 saturated carbocycles. The summed E-state index contributed by atoms with van der Waals surface area (Å²) < 4.78 is 0.384. The van der Waals surface area contributed by atoms with Crippen LogP contribution in [0.25, 0.3) is 0 Å². The molecule has 2 N–H and O–H groups in total. The highest BCUT2D eigenvalue weighted by atomic mass is 32.1. The number of rotatable bonds is 4. The first-order chi connectivity index (χ1) is 6.22. The normalized spacial score (nSPS) is 10.0. The van der Waals surface area contributed by atoms with E-state index in [0.717, 1.165) is 25.2 Å². The topological polar surface area (TPSA) is 53.6 Å². The standard InChI is InChI=1S/C8H14N4S/c1-3-4-5-9-7-10-6(2)11-8(13)12-7/h3-5H2,1-2H3,(H2,9,10,11,12,13). The second-order valence-electron chi connectivity index (χ2n) is 2.85. The Hall–Kier alpha value is -0.970. The van der Waals surface area contributed by atoms with E-state index in [0.29, 0.717) is 10.7 Å². The fourth-order valence-electron chi connectivity index (χ4n) is 0.959. The molecule has 1 aromatic heterocycles. The Kier molecular flexibility index (Phi) is 3.82. The summed E-state index contributed by atoms with van der Waals surface area (Å²) in [6.07, 6.45) is 2.29. The molecule has 0 radical (unpaired) electrons. The van der Waals surface area contributed by atoms with Gasteiger partial charge in [0.2, 0.25) is 10.7 Å². The zero-order valence-corrected chi connectivity index (χ0v) is 8.74. The molecule has 0 aliphatic rings. The SMILES string of the molecule is CCCCNc1nc(=S)nc(C)[nH]1. The lowest BCUT2D eigenvalue weighted by atomic mass is 10.3. The van der Waals surface area contributed by atoms with Gasteiger partial charge in [0.1, 0.15) is 5.82 Å². The number of aryl methyl sites for hydroxylation is 1. The Balaban J connectivity index is 2.61. The molecule has 0 spiro atoms. The first-order valence-corrected chi connectivity index (χ1v) is 4.82. The molecule has 1 aromatic rings. The van der Waals surface area contributed by atoms with E-state index in [2.05, 4.69) is 27.2 Å². The number of H-pyrrole nitrogens is 1. The molecule has 72 valence electrons. The van der Waals surface area contributed by atoms with E-state index < -0.39 is 0 Å². The van der Waals surface area contributed by atoms with Crippen molar-refractivity contribution in [1.29, 1.82) is 0 Å². The van der Waals surface area contributed by atoms with Gasteiger partial charge in [0, 0.05) is 6.54 Å². The molecule has 0 aliphatic heterocycles. The maximum absolute atomic E-state index is 4.88. The molecule has 0 aliphatic carbocycles. The molecule has 0 unspecified atom stereocenters. The van der Waals surface area contributed by atoms with Gasteiger partial charge in [-0.3, -0.25) is 0 Å². The highest BCUT2D eigenvalue weighted by Gasteiger charge is 1.94. The molecule has 0 saturated heterocycles. The van der Waals surface area contributed by atoms with E-state index in [1.807, 2.05) is 6.92 Å². The number of unbranched alkanes of at least 4 members (excludes halogenated alkanes) is 1. The summed E-state index contributed by atoms with van der Waals surface area (Å²) in [6.45, 7) is 4.93. The van der Waals surface area contributed by atoms with Crippen molar-refractivity contribution in [1.82, 2.24) is 15.0 Å². The van der Waals surface area contributed by atoms with Gasteiger partial charge in [-0.05, 0) is 25.6 Å². The van der Waals surface area contributed by atoms with Gasteiger partial charge < -0.3 is 10.3 Å². The molecule has 4 nitrogen and oxygen atoms in total. The molecule has 0 bridgehead atoms. The van der Waals surface area contributed by atoms with Crippen LogP contribution >= 0.6 is 12.2 Å². The van der Waals surface area contributed by atoms with Crippen LogP contribution in [-0.4, -0.2) is 21.5 Å². The first-order valence-electron chi connectivity index (χ1n) is 4.41. The largest absolute Gasteiger partial charge is 0.356 e. The second-order valence-corrected chi connectivity index (χ2v) is 3.21. The first kappa shape index (κ1) is 10.1. The van der Waals surface area contributed by atoms with Crippen LogP contribution in [0.5, 0.6) is 0 Å². The lowest BCUT2D eigenvalue weighted by molar-refractivity contribution is 0.820. The van der Waals surface area contributed by atoms with Crippen LogP contribution < -0.4 is 5.32 Å². The van der Waals surface area contributed by atoms with Crippen molar-refractivity contribution in [3.63, 3.8) is 0 Å². The van der Waals surface area contributed by atoms with Crippen molar-refractivity contribution in [2.75, 3.05) is 11.9 Å². The Morgan fingerprint density at radius 2 is 2.23 bits per heavy atom. The van der Waals surface area contributed by atoms with Gasteiger partial charge >= 0.3 is 0 Å². The van der Waals surface area contributed by atoms with E-state index in [9.17, 15) is 0 Å². The van der Waals surface area contributed by atoms with E-state index in [1.54, 1.807) is 0 Å². The number of nitrogens with zero attached hydrogens (tertiary/aromatic N) is 2. The molecule has 0 atom stereocenters. The van der Waals surface area contributed by atoms with Gasteiger partial charge in [-0.15, -0.1) is 0 Å². The Bertz CT molecular complexity index is 320. The van der Waals surface area contributed by atoms with Crippen molar-refractivity contribution in [2.24, 2.45) is 0 Å². The molecular formula is C8H14N4S. The highest BCUT2D eigenvalue weighted by Crippen LogP contribution is 1.98. The molecule has 5 heteroatoms. The summed E-state index contributed by atoms with van der Waals surface area (Å²) in [5, 5.41) is 3.15. The van der Waals surface area contributed by atoms with Gasteiger partial charge in [0.25, 0.3) is 0 Å². The van der Waals surface area contributed by atoms with Crippen molar-refractivity contribution in [3.8, 4) is 0 Å². The van der Waals surface area contributed by atoms with Crippen LogP contribution in [-0.2, 0) is 0 Å². The monoisotopic (exact) mass is 198 g/mol. The van der Waals surface area contributed by atoms with Gasteiger partial charge in [-0.25, -0.2) is 4.98 Å². The van der Waals surface area contributed by atoms with Crippen molar-refractivity contribution >= 4 is 18.2 Å². The molecule has 0 aromatic carbocycles. The Morgan fingerprint density at radius 1 is 1.46 bits per heavy atom. The van der Waals surface area contributed by atoms with E-state index in [-0.39, 0.29) is 0 Å². The van der Waals surface area contributed by atoms with Crippen molar-refractivity contribution in [2.45, 2.75) is 26.7 Å².